The quantitative estimate of drug-likeness (QED) is 0.691. The van der Waals surface area contributed by atoms with Crippen LogP contribution < -0.4 is 5.32 Å². The predicted molar refractivity (Wildman–Crippen MR) is 50.4 cm³/mol. The zero-order valence-electron chi connectivity index (χ0n) is 7.97. The van der Waals surface area contributed by atoms with Gasteiger partial charge in [-0.3, -0.25) is 4.21 Å². The van der Waals surface area contributed by atoms with E-state index in [9.17, 15) is 4.21 Å². The molecule has 68 valence electrons. The Morgan fingerprint density at radius 2 is 1.91 bits per heavy atom. The molecule has 0 aliphatic rings. The molecule has 0 atom stereocenters. The summed E-state index contributed by atoms with van der Waals surface area (Å²) < 4.78 is 15.2. The second kappa shape index (κ2) is 3.54. The molecule has 0 spiro atoms. The van der Waals surface area contributed by atoms with Gasteiger partial charge >= 0.3 is 0 Å². The third kappa shape index (κ3) is 6.31. The van der Waals surface area contributed by atoms with Crippen molar-refractivity contribution in [1.82, 2.24) is 5.32 Å². The van der Waals surface area contributed by atoms with E-state index in [0.717, 1.165) is 0 Å². The van der Waals surface area contributed by atoms with E-state index >= 15 is 0 Å². The molecule has 0 aromatic rings. The summed E-state index contributed by atoms with van der Waals surface area (Å²) in [6.45, 7) is 4.65. The summed E-state index contributed by atoms with van der Waals surface area (Å²) in [6.07, 6.45) is 3.30. The van der Waals surface area contributed by atoms with Crippen LogP contribution in [0, 0.1) is 0 Å². The van der Waals surface area contributed by atoms with E-state index < -0.39 is 9.73 Å². The predicted octanol–water partition coefficient (Wildman–Crippen LogP) is 0.712. The third-order valence-electron chi connectivity index (χ3n) is 1.45. The first-order valence-corrected chi connectivity index (χ1v) is 5.92. The molecule has 0 aliphatic heterocycles. The SMILES string of the molecule is CNC(C)(C)CN=S(C)(C)=O. The summed E-state index contributed by atoms with van der Waals surface area (Å²) in [5, 5.41) is 3.09. The molecule has 4 heteroatoms. The minimum Gasteiger partial charge on any atom is -0.313 e. The normalized spacial score (nSPS) is 13.2. The van der Waals surface area contributed by atoms with Crippen molar-refractivity contribution < 1.29 is 4.21 Å². The van der Waals surface area contributed by atoms with Crippen molar-refractivity contribution in [3.63, 3.8) is 0 Å². The van der Waals surface area contributed by atoms with Crippen molar-refractivity contribution in [3.8, 4) is 0 Å². The van der Waals surface area contributed by atoms with Crippen LogP contribution in [0.25, 0.3) is 0 Å². The standard InChI is InChI=1S/C7H18N2OS/c1-7(2,8-3)6-9-11(4,5)10/h8H,6H2,1-5H3. The summed E-state index contributed by atoms with van der Waals surface area (Å²) in [4.78, 5) is 0. The van der Waals surface area contributed by atoms with E-state index in [1.54, 1.807) is 12.5 Å². The number of hydrogen-bond donors (Lipinski definition) is 1. The number of nitrogens with one attached hydrogen (secondary N) is 1. The van der Waals surface area contributed by atoms with Crippen LogP contribution in [0.1, 0.15) is 13.8 Å². The Balaban J connectivity index is 4.20. The van der Waals surface area contributed by atoms with E-state index in [2.05, 4.69) is 9.68 Å². The maximum atomic E-state index is 11.2. The summed E-state index contributed by atoms with van der Waals surface area (Å²) in [6, 6.07) is 0. The molecular weight excluding hydrogens is 160 g/mol. The summed E-state index contributed by atoms with van der Waals surface area (Å²) in [7, 11) is -0.0548. The van der Waals surface area contributed by atoms with Gasteiger partial charge in [-0.2, -0.15) is 0 Å². The van der Waals surface area contributed by atoms with Crippen LogP contribution in [0.2, 0.25) is 0 Å². The van der Waals surface area contributed by atoms with Gasteiger partial charge in [0.1, 0.15) is 0 Å². The molecule has 0 saturated carbocycles. The lowest BCUT2D eigenvalue weighted by Gasteiger charge is -2.21. The van der Waals surface area contributed by atoms with Crippen molar-refractivity contribution in [2.75, 3.05) is 26.1 Å². The summed E-state index contributed by atoms with van der Waals surface area (Å²) >= 11 is 0. The van der Waals surface area contributed by atoms with Crippen molar-refractivity contribution in [1.29, 1.82) is 0 Å². The molecule has 0 aromatic carbocycles. The van der Waals surface area contributed by atoms with E-state index in [4.69, 9.17) is 0 Å². The van der Waals surface area contributed by atoms with Gasteiger partial charge in [0.25, 0.3) is 0 Å². The van der Waals surface area contributed by atoms with E-state index in [1.807, 2.05) is 20.9 Å². The summed E-state index contributed by atoms with van der Waals surface area (Å²) in [5.41, 5.74) is -0.0469. The Hall–Kier alpha value is -0.0900. The molecule has 0 rings (SSSR count). The smallest absolute Gasteiger partial charge is 0.0660 e. The highest BCUT2D eigenvalue weighted by molar-refractivity contribution is 7.92. The minimum absolute atomic E-state index is 0.0469. The van der Waals surface area contributed by atoms with Crippen molar-refractivity contribution in [2.45, 2.75) is 19.4 Å². The zero-order chi connectivity index (χ0) is 9.12. The molecule has 0 bridgehead atoms. The average molecular weight is 178 g/mol. The molecule has 0 amide bonds. The zero-order valence-corrected chi connectivity index (χ0v) is 8.79. The van der Waals surface area contributed by atoms with Crippen LogP contribution in [-0.2, 0) is 9.73 Å². The highest BCUT2D eigenvalue weighted by Gasteiger charge is 2.13. The van der Waals surface area contributed by atoms with Gasteiger partial charge in [-0.05, 0) is 20.9 Å². The highest BCUT2D eigenvalue weighted by atomic mass is 32.2. The number of nitrogens with zero attached hydrogens (tertiary/aromatic N) is 1. The Kier molecular flexibility index (Phi) is 3.51. The van der Waals surface area contributed by atoms with Crippen LogP contribution in [0.15, 0.2) is 4.36 Å². The third-order valence-corrected chi connectivity index (χ3v) is 2.20. The van der Waals surface area contributed by atoms with Gasteiger partial charge < -0.3 is 5.32 Å². The first-order chi connectivity index (χ1) is 4.77. The van der Waals surface area contributed by atoms with E-state index in [-0.39, 0.29) is 5.54 Å². The minimum atomic E-state index is -1.93. The maximum Gasteiger partial charge on any atom is 0.0660 e. The lowest BCUT2D eigenvalue weighted by molar-refractivity contribution is 0.438. The van der Waals surface area contributed by atoms with E-state index in [1.165, 1.54) is 0 Å². The highest BCUT2D eigenvalue weighted by Crippen LogP contribution is 2.02. The van der Waals surface area contributed by atoms with Crippen molar-refractivity contribution in [3.05, 3.63) is 0 Å². The maximum absolute atomic E-state index is 11.2. The van der Waals surface area contributed by atoms with Crippen LogP contribution in [0.4, 0.5) is 0 Å². The lowest BCUT2D eigenvalue weighted by Crippen LogP contribution is -2.39. The lowest BCUT2D eigenvalue weighted by atomic mass is 10.1. The Morgan fingerprint density at radius 1 is 1.45 bits per heavy atom. The molecular formula is C7H18N2OS. The van der Waals surface area contributed by atoms with Crippen LogP contribution in [-0.4, -0.2) is 35.9 Å². The van der Waals surface area contributed by atoms with Gasteiger partial charge in [-0.25, -0.2) is 4.36 Å². The second-order valence-electron chi connectivity index (χ2n) is 3.60. The first kappa shape index (κ1) is 10.9. The monoisotopic (exact) mass is 178 g/mol. The molecule has 0 radical (unpaired) electrons. The number of rotatable bonds is 3. The Morgan fingerprint density at radius 3 is 2.18 bits per heavy atom. The molecule has 3 nitrogen and oxygen atoms in total. The van der Waals surface area contributed by atoms with Gasteiger partial charge in [0.15, 0.2) is 0 Å². The Bertz CT molecular complexity index is 219. The van der Waals surface area contributed by atoms with Gasteiger partial charge in [0.2, 0.25) is 0 Å². The van der Waals surface area contributed by atoms with Gasteiger partial charge in [-0.15, -0.1) is 0 Å². The summed E-state index contributed by atoms with van der Waals surface area (Å²) in [5.74, 6) is 0. The molecule has 0 aliphatic carbocycles. The van der Waals surface area contributed by atoms with Gasteiger partial charge in [0.05, 0.1) is 6.54 Å². The number of likely N-dealkylation sites (N-methyl/N-ethyl adjacent to an activating group) is 1. The fourth-order valence-electron chi connectivity index (χ4n) is 0.396. The topological polar surface area (TPSA) is 41.5 Å². The number of hydrogen-bond acceptors (Lipinski definition) is 3. The van der Waals surface area contributed by atoms with Crippen molar-refractivity contribution in [2.24, 2.45) is 4.36 Å². The average Bonchev–Trinajstić information content (AvgIpc) is 1.83. The molecule has 11 heavy (non-hydrogen) atoms. The fraction of sp³-hybridized carbons (Fsp3) is 1.00. The second-order valence-corrected chi connectivity index (χ2v) is 6.22. The molecule has 0 fully saturated rings. The van der Waals surface area contributed by atoms with Gasteiger partial charge in [0, 0.05) is 27.8 Å². The molecule has 0 heterocycles. The molecule has 1 N–H and O–H groups in total. The van der Waals surface area contributed by atoms with E-state index in [0.29, 0.717) is 6.54 Å². The Labute approximate surface area is 69.8 Å². The van der Waals surface area contributed by atoms with Crippen LogP contribution >= 0.6 is 0 Å². The van der Waals surface area contributed by atoms with Gasteiger partial charge in [-0.1, -0.05) is 0 Å². The largest absolute Gasteiger partial charge is 0.313 e. The van der Waals surface area contributed by atoms with Crippen molar-refractivity contribution >= 4 is 9.73 Å². The first-order valence-electron chi connectivity index (χ1n) is 3.59. The molecule has 0 unspecified atom stereocenters. The fourth-order valence-corrected chi connectivity index (χ4v) is 1.03. The van der Waals surface area contributed by atoms with Crippen LogP contribution in [0.5, 0.6) is 0 Å². The molecule has 0 saturated heterocycles. The molecule has 0 aromatic heterocycles. The van der Waals surface area contributed by atoms with Crippen LogP contribution in [0.3, 0.4) is 0 Å².